The Bertz CT molecular complexity index is 1160. The van der Waals surface area contributed by atoms with E-state index in [4.69, 9.17) is 11.6 Å². The average molecular weight is 548 g/mol. The molecule has 1 atom stereocenters. The van der Waals surface area contributed by atoms with E-state index in [1.165, 1.54) is 10.6 Å². The monoisotopic (exact) mass is 547 g/mol. The maximum atomic E-state index is 13.4. The van der Waals surface area contributed by atoms with E-state index in [0.29, 0.717) is 17.1 Å². The van der Waals surface area contributed by atoms with E-state index in [1.807, 2.05) is 31.2 Å². The van der Waals surface area contributed by atoms with Gasteiger partial charge in [-0.15, -0.1) is 0 Å². The molecule has 9 heteroatoms. The van der Waals surface area contributed by atoms with Crippen LogP contribution < -0.4 is 9.62 Å². The molecule has 2 aromatic carbocycles. The van der Waals surface area contributed by atoms with Crippen LogP contribution in [-0.2, 0) is 32.6 Å². The fraction of sp³-hybridized carbons (Fsp3) is 0.500. The minimum atomic E-state index is -3.52. The smallest absolute Gasteiger partial charge is 0.242 e. The van der Waals surface area contributed by atoms with E-state index in [-0.39, 0.29) is 37.4 Å². The van der Waals surface area contributed by atoms with Crippen LogP contribution in [0.1, 0.15) is 63.5 Å². The first-order chi connectivity index (χ1) is 17.6. The summed E-state index contributed by atoms with van der Waals surface area (Å²) in [7, 11) is -3.52. The lowest BCUT2D eigenvalue weighted by molar-refractivity contribution is -0.141. The van der Waals surface area contributed by atoms with Gasteiger partial charge in [0.2, 0.25) is 21.8 Å². The number of halogens is 1. The van der Waals surface area contributed by atoms with Crippen LogP contribution in [0.15, 0.2) is 48.5 Å². The molecule has 0 aromatic heterocycles. The Morgan fingerprint density at radius 1 is 1.08 bits per heavy atom. The van der Waals surface area contributed by atoms with Gasteiger partial charge in [-0.05, 0) is 68.0 Å². The maximum absolute atomic E-state index is 13.4. The van der Waals surface area contributed by atoms with Gasteiger partial charge in [0.15, 0.2) is 0 Å². The van der Waals surface area contributed by atoms with Gasteiger partial charge in [-0.1, -0.05) is 55.6 Å². The van der Waals surface area contributed by atoms with Crippen molar-refractivity contribution < 1.29 is 18.0 Å². The summed E-state index contributed by atoms with van der Waals surface area (Å²) in [5.41, 5.74) is 2.52. The molecule has 202 valence electrons. The van der Waals surface area contributed by atoms with E-state index in [1.54, 1.807) is 36.1 Å². The van der Waals surface area contributed by atoms with Crippen LogP contribution >= 0.6 is 11.6 Å². The predicted molar refractivity (Wildman–Crippen MR) is 149 cm³/mol. The van der Waals surface area contributed by atoms with Gasteiger partial charge in [-0.25, -0.2) is 8.42 Å². The molecule has 37 heavy (non-hydrogen) atoms. The SMILES string of the molecule is CCc1ccc(N(CCCC(=O)N(Cc2cccc(Cl)c2)[C@H](C)C(=O)NC2CCCC2)S(C)(=O)=O)cc1. The van der Waals surface area contributed by atoms with Crippen LogP contribution in [0.4, 0.5) is 5.69 Å². The zero-order chi connectivity index (χ0) is 27.0. The third kappa shape index (κ3) is 8.47. The Morgan fingerprint density at radius 2 is 1.76 bits per heavy atom. The Labute approximate surface area is 226 Å². The number of amides is 2. The quantitative estimate of drug-likeness (QED) is 0.408. The summed E-state index contributed by atoms with van der Waals surface area (Å²) in [5.74, 6) is -0.375. The number of hydrogen-bond acceptors (Lipinski definition) is 4. The van der Waals surface area contributed by atoms with Crippen molar-refractivity contribution in [2.45, 2.75) is 77.4 Å². The summed E-state index contributed by atoms with van der Waals surface area (Å²) < 4.78 is 26.3. The average Bonchev–Trinajstić information content (AvgIpc) is 3.37. The molecule has 1 saturated carbocycles. The summed E-state index contributed by atoms with van der Waals surface area (Å²) in [4.78, 5) is 28.0. The van der Waals surface area contributed by atoms with Crippen molar-refractivity contribution in [3.8, 4) is 0 Å². The van der Waals surface area contributed by atoms with Crippen LogP contribution in [0.25, 0.3) is 0 Å². The minimum absolute atomic E-state index is 0.112. The molecule has 0 radical (unpaired) electrons. The lowest BCUT2D eigenvalue weighted by atomic mass is 10.1. The van der Waals surface area contributed by atoms with E-state index >= 15 is 0 Å². The molecule has 3 rings (SSSR count). The zero-order valence-corrected chi connectivity index (χ0v) is 23.5. The molecule has 1 N–H and O–H groups in total. The molecule has 0 spiro atoms. The molecule has 0 saturated heterocycles. The van der Waals surface area contributed by atoms with Gasteiger partial charge >= 0.3 is 0 Å². The Hall–Kier alpha value is -2.58. The van der Waals surface area contributed by atoms with Gasteiger partial charge < -0.3 is 10.2 Å². The second-order valence-electron chi connectivity index (χ2n) is 9.78. The van der Waals surface area contributed by atoms with Gasteiger partial charge in [0, 0.05) is 30.6 Å². The van der Waals surface area contributed by atoms with Crippen molar-refractivity contribution in [3.05, 3.63) is 64.7 Å². The third-order valence-corrected chi connectivity index (χ3v) is 8.32. The number of benzene rings is 2. The molecule has 1 fully saturated rings. The zero-order valence-electron chi connectivity index (χ0n) is 22.0. The molecule has 2 aromatic rings. The first-order valence-electron chi connectivity index (χ1n) is 13.0. The molecule has 0 unspecified atom stereocenters. The molecule has 1 aliphatic carbocycles. The van der Waals surface area contributed by atoms with E-state index in [9.17, 15) is 18.0 Å². The largest absolute Gasteiger partial charge is 0.352 e. The van der Waals surface area contributed by atoms with Gasteiger partial charge in [0.1, 0.15) is 6.04 Å². The van der Waals surface area contributed by atoms with Gasteiger partial charge in [0.25, 0.3) is 0 Å². The normalized spacial score (nSPS) is 14.8. The first kappa shape index (κ1) is 29.0. The van der Waals surface area contributed by atoms with Crippen molar-refractivity contribution in [2.75, 3.05) is 17.1 Å². The van der Waals surface area contributed by atoms with Crippen molar-refractivity contribution >= 4 is 39.1 Å². The molecule has 0 heterocycles. The third-order valence-electron chi connectivity index (χ3n) is 6.90. The first-order valence-corrected chi connectivity index (χ1v) is 15.2. The number of nitrogens with one attached hydrogen (secondary N) is 1. The number of carbonyl (C=O) groups is 2. The Morgan fingerprint density at radius 3 is 2.35 bits per heavy atom. The molecule has 7 nitrogen and oxygen atoms in total. The number of anilines is 1. The fourth-order valence-electron chi connectivity index (χ4n) is 4.71. The van der Waals surface area contributed by atoms with Crippen molar-refractivity contribution in [1.29, 1.82) is 0 Å². The molecular formula is C28H38ClN3O4S. The predicted octanol–water partition coefficient (Wildman–Crippen LogP) is 4.92. The second-order valence-corrected chi connectivity index (χ2v) is 12.1. The Kier molecular flexibility index (Phi) is 10.4. The van der Waals surface area contributed by atoms with Crippen molar-refractivity contribution in [2.24, 2.45) is 0 Å². The molecule has 1 aliphatic rings. The topological polar surface area (TPSA) is 86.8 Å². The summed E-state index contributed by atoms with van der Waals surface area (Å²) in [5, 5.41) is 3.65. The fourth-order valence-corrected chi connectivity index (χ4v) is 5.89. The highest BCUT2D eigenvalue weighted by molar-refractivity contribution is 7.92. The highest BCUT2D eigenvalue weighted by atomic mass is 35.5. The number of rotatable bonds is 12. The van der Waals surface area contributed by atoms with E-state index < -0.39 is 16.1 Å². The van der Waals surface area contributed by atoms with Crippen LogP contribution in [0.2, 0.25) is 5.02 Å². The highest BCUT2D eigenvalue weighted by Gasteiger charge is 2.28. The molecular weight excluding hydrogens is 510 g/mol. The number of sulfonamides is 1. The Balaban J connectivity index is 1.71. The number of hydrogen-bond donors (Lipinski definition) is 1. The number of nitrogens with zero attached hydrogens (tertiary/aromatic N) is 2. The van der Waals surface area contributed by atoms with E-state index in [0.717, 1.165) is 43.2 Å². The van der Waals surface area contributed by atoms with Crippen LogP contribution in [-0.4, -0.2) is 50.0 Å². The molecule has 0 aliphatic heterocycles. The standard InChI is InChI=1S/C28H38ClN3O4S/c1-4-22-14-16-26(17-15-22)32(37(3,35)36)18-8-13-27(33)31(20-23-9-7-10-24(29)19-23)21(2)28(34)30-25-11-5-6-12-25/h7,9-10,14-17,19,21,25H,4-6,8,11-13,18,20H2,1-3H3,(H,30,34)/t21-/m1/s1. The second kappa shape index (κ2) is 13.3. The molecule has 0 bridgehead atoms. The lowest BCUT2D eigenvalue weighted by Crippen LogP contribution is -2.49. The summed E-state index contributed by atoms with van der Waals surface area (Å²) >= 11 is 6.16. The summed E-state index contributed by atoms with van der Waals surface area (Å²) in [6, 6.07) is 14.1. The van der Waals surface area contributed by atoms with Gasteiger partial charge in [-0.2, -0.15) is 0 Å². The van der Waals surface area contributed by atoms with Crippen molar-refractivity contribution in [1.82, 2.24) is 10.2 Å². The van der Waals surface area contributed by atoms with Crippen LogP contribution in [0, 0.1) is 0 Å². The van der Waals surface area contributed by atoms with E-state index in [2.05, 4.69) is 5.32 Å². The number of aryl methyl sites for hydroxylation is 1. The van der Waals surface area contributed by atoms with Gasteiger partial charge in [0.05, 0.1) is 11.9 Å². The van der Waals surface area contributed by atoms with Crippen LogP contribution in [0.5, 0.6) is 0 Å². The highest BCUT2D eigenvalue weighted by Crippen LogP contribution is 2.22. The lowest BCUT2D eigenvalue weighted by Gasteiger charge is -2.30. The summed E-state index contributed by atoms with van der Waals surface area (Å²) in [6.07, 6.45) is 6.59. The van der Waals surface area contributed by atoms with Gasteiger partial charge in [-0.3, -0.25) is 13.9 Å². The minimum Gasteiger partial charge on any atom is -0.352 e. The molecule has 2 amide bonds. The van der Waals surface area contributed by atoms with Crippen LogP contribution in [0.3, 0.4) is 0 Å². The number of carbonyl (C=O) groups excluding carboxylic acids is 2. The maximum Gasteiger partial charge on any atom is 0.242 e. The van der Waals surface area contributed by atoms with Crippen molar-refractivity contribution in [3.63, 3.8) is 0 Å². The summed E-state index contributed by atoms with van der Waals surface area (Å²) in [6.45, 7) is 4.20.